The molecule has 0 amide bonds. The quantitative estimate of drug-likeness (QED) is 0.813. The lowest BCUT2D eigenvalue weighted by molar-refractivity contribution is -0.0803. The van der Waals surface area contributed by atoms with Gasteiger partial charge in [0.1, 0.15) is 0 Å². The summed E-state index contributed by atoms with van der Waals surface area (Å²) in [6, 6.07) is 0.351. The van der Waals surface area contributed by atoms with E-state index in [4.69, 9.17) is 10.5 Å². The zero-order chi connectivity index (χ0) is 14.3. The van der Waals surface area contributed by atoms with Crippen molar-refractivity contribution >= 4 is 0 Å². The Bertz CT molecular complexity index is 317. The van der Waals surface area contributed by atoms with Crippen LogP contribution in [0.3, 0.4) is 0 Å². The Labute approximate surface area is 117 Å². The first-order valence-corrected chi connectivity index (χ1v) is 7.58. The van der Waals surface area contributed by atoms with Gasteiger partial charge in [0.25, 0.3) is 0 Å². The van der Waals surface area contributed by atoms with Crippen molar-refractivity contribution < 1.29 is 9.84 Å². The highest BCUT2D eigenvalue weighted by molar-refractivity contribution is 5.05. The van der Waals surface area contributed by atoms with Crippen LogP contribution >= 0.6 is 0 Å². The van der Waals surface area contributed by atoms with Crippen LogP contribution in [0, 0.1) is 5.92 Å². The molecule has 4 heteroatoms. The van der Waals surface area contributed by atoms with Crippen LogP contribution in [-0.4, -0.2) is 53.0 Å². The fourth-order valence-electron chi connectivity index (χ4n) is 3.83. The molecule has 0 aromatic carbocycles. The van der Waals surface area contributed by atoms with E-state index in [1.807, 2.05) is 0 Å². The molecule has 0 saturated carbocycles. The van der Waals surface area contributed by atoms with Crippen molar-refractivity contribution in [3.05, 3.63) is 0 Å². The summed E-state index contributed by atoms with van der Waals surface area (Å²) in [5.41, 5.74) is 5.96. The molecule has 2 heterocycles. The van der Waals surface area contributed by atoms with Gasteiger partial charge in [-0.1, -0.05) is 6.42 Å². The van der Waals surface area contributed by atoms with E-state index < -0.39 is 0 Å². The Morgan fingerprint density at radius 2 is 1.89 bits per heavy atom. The predicted molar refractivity (Wildman–Crippen MR) is 77.0 cm³/mol. The number of aliphatic hydroxyl groups is 1. The molecule has 3 unspecified atom stereocenters. The zero-order valence-corrected chi connectivity index (χ0v) is 12.9. The molecule has 0 aromatic heterocycles. The monoisotopic (exact) mass is 270 g/mol. The summed E-state index contributed by atoms with van der Waals surface area (Å²) in [6.45, 7) is 10.7. The van der Waals surface area contributed by atoms with E-state index in [0.29, 0.717) is 12.0 Å². The van der Waals surface area contributed by atoms with Crippen LogP contribution in [0.5, 0.6) is 0 Å². The number of aliphatic hydroxyl groups excluding tert-OH is 1. The van der Waals surface area contributed by atoms with Crippen LogP contribution < -0.4 is 5.73 Å². The molecular weight excluding hydrogens is 240 g/mol. The average molecular weight is 270 g/mol. The fourth-order valence-corrected chi connectivity index (χ4v) is 3.83. The molecule has 3 atom stereocenters. The van der Waals surface area contributed by atoms with Gasteiger partial charge in [0.05, 0.1) is 17.8 Å². The first-order chi connectivity index (χ1) is 8.78. The number of ether oxygens (including phenoxy) is 1. The standard InChI is InChI=1S/C15H30N2O2/c1-14(2)12(13(16)15(3,4)19-14)9-17-8-6-5-7-11(17)10-18/h11-13,18H,5-10,16H2,1-4H3. The van der Waals surface area contributed by atoms with Gasteiger partial charge >= 0.3 is 0 Å². The Kier molecular flexibility index (Phi) is 4.26. The molecule has 0 bridgehead atoms. The largest absolute Gasteiger partial charge is 0.395 e. The van der Waals surface area contributed by atoms with Gasteiger partial charge in [0.15, 0.2) is 0 Å². The molecular formula is C15H30N2O2. The number of hydrogen-bond acceptors (Lipinski definition) is 4. The molecule has 2 aliphatic rings. The second-order valence-corrected chi connectivity index (χ2v) is 7.27. The molecule has 112 valence electrons. The van der Waals surface area contributed by atoms with Crippen LogP contribution in [0.25, 0.3) is 0 Å². The van der Waals surface area contributed by atoms with Crippen LogP contribution in [-0.2, 0) is 4.74 Å². The van der Waals surface area contributed by atoms with Crippen molar-refractivity contribution in [2.45, 2.75) is 70.2 Å². The number of likely N-dealkylation sites (tertiary alicyclic amines) is 1. The molecule has 2 saturated heterocycles. The minimum absolute atomic E-state index is 0.0452. The third-order valence-corrected chi connectivity index (χ3v) is 5.05. The summed E-state index contributed by atoms with van der Waals surface area (Å²) < 4.78 is 6.16. The number of nitrogens with zero attached hydrogens (tertiary/aromatic N) is 1. The smallest absolute Gasteiger partial charge is 0.0788 e. The van der Waals surface area contributed by atoms with Gasteiger partial charge in [-0.2, -0.15) is 0 Å². The zero-order valence-electron chi connectivity index (χ0n) is 12.9. The summed E-state index contributed by atoms with van der Waals surface area (Å²) >= 11 is 0. The van der Waals surface area contributed by atoms with E-state index in [1.165, 1.54) is 12.8 Å². The molecule has 2 aliphatic heterocycles. The molecule has 2 rings (SSSR count). The Morgan fingerprint density at radius 1 is 1.21 bits per heavy atom. The van der Waals surface area contributed by atoms with Crippen molar-refractivity contribution in [3.63, 3.8) is 0 Å². The molecule has 0 aromatic rings. The van der Waals surface area contributed by atoms with Gasteiger partial charge in [-0.15, -0.1) is 0 Å². The van der Waals surface area contributed by atoms with Crippen LogP contribution in [0.2, 0.25) is 0 Å². The Hall–Kier alpha value is -0.160. The van der Waals surface area contributed by atoms with Crippen LogP contribution in [0.4, 0.5) is 0 Å². The SMILES string of the molecule is CC1(C)OC(C)(C)C(CN2CCCCC2CO)C1N. The lowest BCUT2D eigenvalue weighted by Gasteiger charge is -2.39. The number of piperidine rings is 1. The van der Waals surface area contributed by atoms with Gasteiger partial charge in [0, 0.05) is 24.5 Å². The van der Waals surface area contributed by atoms with E-state index in [1.54, 1.807) is 0 Å². The Balaban J connectivity index is 2.08. The molecule has 19 heavy (non-hydrogen) atoms. The molecule has 0 spiro atoms. The topological polar surface area (TPSA) is 58.7 Å². The van der Waals surface area contributed by atoms with Crippen LogP contribution in [0.15, 0.2) is 0 Å². The first-order valence-electron chi connectivity index (χ1n) is 7.58. The molecule has 4 nitrogen and oxygen atoms in total. The maximum atomic E-state index is 9.53. The Morgan fingerprint density at radius 3 is 2.42 bits per heavy atom. The normalized spacial score (nSPS) is 38.5. The van der Waals surface area contributed by atoms with E-state index in [9.17, 15) is 5.11 Å². The van der Waals surface area contributed by atoms with Crippen molar-refractivity contribution in [1.29, 1.82) is 0 Å². The third kappa shape index (κ3) is 2.97. The highest BCUT2D eigenvalue weighted by Crippen LogP contribution is 2.42. The highest BCUT2D eigenvalue weighted by Gasteiger charge is 2.52. The van der Waals surface area contributed by atoms with Crippen molar-refractivity contribution in [2.24, 2.45) is 11.7 Å². The van der Waals surface area contributed by atoms with Crippen LogP contribution in [0.1, 0.15) is 47.0 Å². The fraction of sp³-hybridized carbons (Fsp3) is 1.00. The molecule has 0 aliphatic carbocycles. The van der Waals surface area contributed by atoms with Crippen molar-refractivity contribution in [1.82, 2.24) is 4.90 Å². The van der Waals surface area contributed by atoms with Gasteiger partial charge in [-0.25, -0.2) is 0 Å². The number of rotatable bonds is 3. The minimum Gasteiger partial charge on any atom is -0.395 e. The molecule has 3 N–H and O–H groups in total. The molecule has 2 fully saturated rings. The van der Waals surface area contributed by atoms with E-state index in [-0.39, 0.29) is 23.9 Å². The van der Waals surface area contributed by atoms with Crippen molar-refractivity contribution in [2.75, 3.05) is 19.7 Å². The first kappa shape index (κ1) is 15.2. The number of nitrogens with two attached hydrogens (primary N) is 1. The van der Waals surface area contributed by atoms with E-state index >= 15 is 0 Å². The van der Waals surface area contributed by atoms with Gasteiger partial charge in [-0.05, 0) is 47.1 Å². The number of hydrogen-bond donors (Lipinski definition) is 2. The molecule has 0 radical (unpaired) electrons. The maximum absolute atomic E-state index is 9.53. The van der Waals surface area contributed by atoms with Crippen molar-refractivity contribution in [3.8, 4) is 0 Å². The maximum Gasteiger partial charge on any atom is 0.0788 e. The summed E-state index contributed by atoms with van der Waals surface area (Å²) in [6.07, 6.45) is 3.55. The van der Waals surface area contributed by atoms with E-state index in [2.05, 4.69) is 32.6 Å². The average Bonchev–Trinajstić information content (AvgIpc) is 2.48. The summed E-state index contributed by atoms with van der Waals surface area (Å²) in [7, 11) is 0. The summed E-state index contributed by atoms with van der Waals surface area (Å²) in [5, 5.41) is 9.53. The van der Waals surface area contributed by atoms with Gasteiger partial charge < -0.3 is 15.6 Å². The third-order valence-electron chi connectivity index (χ3n) is 5.05. The second-order valence-electron chi connectivity index (χ2n) is 7.27. The lowest BCUT2D eigenvalue weighted by atomic mass is 9.82. The highest BCUT2D eigenvalue weighted by atomic mass is 16.5. The second kappa shape index (κ2) is 5.32. The summed E-state index contributed by atoms with van der Waals surface area (Å²) in [5.74, 6) is 0.314. The lowest BCUT2D eigenvalue weighted by Crippen LogP contribution is -2.52. The van der Waals surface area contributed by atoms with E-state index in [0.717, 1.165) is 19.5 Å². The summed E-state index contributed by atoms with van der Waals surface area (Å²) in [4.78, 5) is 2.42. The van der Waals surface area contributed by atoms with Gasteiger partial charge in [0.2, 0.25) is 0 Å². The predicted octanol–water partition coefficient (Wildman–Crippen LogP) is 1.36. The minimum atomic E-state index is -0.265. The van der Waals surface area contributed by atoms with Gasteiger partial charge in [-0.3, -0.25) is 4.90 Å².